The van der Waals surface area contributed by atoms with Crippen LogP contribution in [0.1, 0.15) is 114 Å². The molecule has 1 amide bonds. The highest BCUT2D eigenvalue weighted by molar-refractivity contribution is 5.77. The van der Waals surface area contributed by atoms with Gasteiger partial charge in [-0.25, -0.2) is 0 Å². The molecule has 1 heterocycles. The van der Waals surface area contributed by atoms with Crippen LogP contribution in [-0.4, -0.2) is 33.6 Å². The summed E-state index contributed by atoms with van der Waals surface area (Å²) in [5.41, 5.74) is -1.01. The van der Waals surface area contributed by atoms with E-state index in [4.69, 9.17) is 0 Å². The molecule has 1 saturated heterocycles. The Hall–Kier alpha value is -0.570. The zero-order chi connectivity index (χ0) is 21.3. The second-order valence-electron chi connectivity index (χ2n) is 12.2. The molecule has 1 N–H and O–H groups in total. The number of rotatable bonds is 7. The molecule has 0 saturated carbocycles. The molecule has 1 rings (SSSR count). The summed E-state index contributed by atoms with van der Waals surface area (Å²) in [6, 6.07) is 0. The lowest BCUT2D eigenvalue weighted by Gasteiger charge is -2.59. The van der Waals surface area contributed by atoms with Crippen LogP contribution >= 0.6 is 0 Å². The van der Waals surface area contributed by atoms with Gasteiger partial charge in [0.05, 0.1) is 5.60 Å². The zero-order valence-corrected chi connectivity index (χ0v) is 20.0. The first-order chi connectivity index (χ1) is 11.9. The van der Waals surface area contributed by atoms with E-state index in [-0.39, 0.29) is 21.8 Å². The second kappa shape index (κ2) is 8.05. The Morgan fingerprint density at radius 2 is 1.41 bits per heavy atom. The monoisotopic (exact) mass is 381 g/mol. The molecule has 160 valence electrons. The van der Waals surface area contributed by atoms with Gasteiger partial charge in [0.25, 0.3) is 0 Å². The first kappa shape index (κ1) is 24.5. The molecule has 0 aromatic carbocycles. The molecular weight excluding hydrogens is 334 g/mol. The van der Waals surface area contributed by atoms with Gasteiger partial charge < -0.3 is 10.0 Å². The highest BCUT2D eigenvalue weighted by Gasteiger charge is 2.55. The Balaban J connectivity index is 3.39. The molecule has 1 unspecified atom stereocenters. The molecule has 3 heteroatoms. The van der Waals surface area contributed by atoms with Gasteiger partial charge in [0.2, 0.25) is 5.91 Å². The highest BCUT2D eigenvalue weighted by Crippen LogP contribution is 2.55. The van der Waals surface area contributed by atoms with Gasteiger partial charge in [-0.2, -0.15) is 0 Å². The molecular formula is C24H47NO2. The van der Waals surface area contributed by atoms with E-state index in [1.807, 2.05) is 13.8 Å². The average molecular weight is 382 g/mol. The molecule has 27 heavy (non-hydrogen) atoms. The number of carbonyl (C=O) groups is 1. The van der Waals surface area contributed by atoms with Crippen molar-refractivity contribution in [3.05, 3.63) is 0 Å². The van der Waals surface area contributed by atoms with Crippen LogP contribution < -0.4 is 0 Å². The van der Waals surface area contributed by atoms with E-state index < -0.39 is 5.60 Å². The number of likely N-dealkylation sites (tertiary alicyclic amines) is 1. The first-order valence-electron chi connectivity index (χ1n) is 11.0. The molecule has 1 fully saturated rings. The van der Waals surface area contributed by atoms with Gasteiger partial charge in [0, 0.05) is 18.5 Å². The third-order valence-corrected chi connectivity index (χ3v) is 7.44. The van der Waals surface area contributed by atoms with Crippen molar-refractivity contribution in [1.82, 2.24) is 4.90 Å². The van der Waals surface area contributed by atoms with Gasteiger partial charge in [-0.1, -0.05) is 54.9 Å². The van der Waals surface area contributed by atoms with Crippen molar-refractivity contribution >= 4 is 5.91 Å². The maximum atomic E-state index is 13.1. The van der Waals surface area contributed by atoms with E-state index in [0.29, 0.717) is 18.7 Å². The van der Waals surface area contributed by atoms with Crippen LogP contribution in [-0.2, 0) is 4.79 Å². The third kappa shape index (κ3) is 5.95. The summed E-state index contributed by atoms with van der Waals surface area (Å²) in [6.07, 6.45) is 6.70. The minimum Gasteiger partial charge on any atom is -0.390 e. The topological polar surface area (TPSA) is 40.5 Å². The standard InChI is InChI=1S/C24H47NO2/c1-20(2,3)15-16-24(10,25-17-13-11-12-14-19(25)26)23(8,9)21(4,5)18-22(6,7)27/h27H,11-18H2,1-10H3. The predicted molar refractivity (Wildman–Crippen MR) is 116 cm³/mol. The first-order valence-corrected chi connectivity index (χ1v) is 11.0. The van der Waals surface area contributed by atoms with Crippen molar-refractivity contribution in [2.24, 2.45) is 16.2 Å². The van der Waals surface area contributed by atoms with Gasteiger partial charge in [-0.15, -0.1) is 0 Å². The highest BCUT2D eigenvalue weighted by atomic mass is 16.3. The number of nitrogens with zero attached hydrogens (tertiary/aromatic N) is 1. The number of hydrogen-bond acceptors (Lipinski definition) is 2. The van der Waals surface area contributed by atoms with E-state index in [0.717, 1.165) is 38.6 Å². The molecule has 0 aliphatic carbocycles. The van der Waals surface area contributed by atoms with E-state index in [1.165, 1.54) is 0 Å². The van der Waals surface area contributed by atoms with E-state index in [2.05, 4.69) is 60.3 Å². The van der Waals surface area contributed by atoms with E-state index in [1.54, 1.807) is 0 Å². The second-order valence-corrected chi connectivity index (χ2v) is 12.2. The summed E-state index contributed by atoms with van der Waals surface area (Å²) in [7, 11) is 0. The van der Waals surface area contributed by atoms with Crippen LogP contribution in [0.4, 0.5) is 0 Å². The average Bonchev–Trinajstić information content (AvgIpc) is 2.66. The van der Waals surface area contributed by atoms with Crippen molar-refractivity contribution in [2.45, 2.75) is 125 Å². The zero-order valence-electron chi connectivity index (χ0n) is 20.0. The fourth-order valence-corrected chi connectivity index (χ4v) is 4.94. The fraction of sp³-hybridized carbons (Fsp3) is 0.958. The van der Waals surface area contributed by atoms with Crippen LogP contribution in [0.3, 0.4) is 0 Å². The van der Waals surface area contributed by atoms with Crippen molar-refractivity contribution < 1.29 is 9.90 Å². The van der Waals surface area contributed by atoms with Crippen molar-refractivity contribution in [3.63, 3.8) is 0 Å². The van der Waals surface area contributed by atoms with Crippen molar-refractivity contribution in [2.75, 3.05) is 6.54 Å². The van der Waals surface area contributed by atoms with E-state index in [9.17, 15) is 9.90 Å². The van der Waals surface area contributed by atoms with Gasteiger partial charge in [-0.3, -0.25) is 4.79 Å². The van der Waals surface area contributed by atoms with Crippen LogP contribution in [0.5, 0.6) is 0 Å². The third-order valence-electron chi connectivity index (χ3n) is 7.44. The number of hydrogen-bond donors (Lipinski definition) is 1. The number of amides is 1. The molecule has 0 bridgehead atoms. The summed E-state index contributed by atoms with van der Waals surface area (Å²) >= 11 is 0. The van der Waals surface area contributed by atoms with Crippen LogP contribution in [0.15, 0.2) is 0 Å². The summed E-state index contributed by atoms with van der Waals surface area (Å²) in [5.74, 6) is 0.316. The van der Waals surface area contributed by atoms with Gasteiger partial charge in [0.1, 0.15) is 0 Å². The molecule has 1 atom stereocenters. The molecule has 1 aliphatic rings. The molecule has 0 aromatic heterocycles. The van der Waals surface area contributed by atoms with E-state index >= 15 is 0 Å². The van der Waals surface area contributed by atoms with Gasteiger partial charge in [-0.05, 0) is 69.1 Å². The Labute approximate surface area is 169 Å². The predicted octanol–water partition coefficient (Wildman–Crippen LogP) is 6.19. The molecule has 0 radical (unpaired) electrons. The smallest absolute Gasteiger partial charge is 0.223 e. The Bertz CT molecular complexity index is 507. The van der Waals surface area contributed by atoms with Crippen LogP contribution in [0.25, 0.3) is 0 Å². The van der Waals surface area contributed by atoms with Crippen LogP contribution in [0.2, 0.25) is 0 Å². The Morgan fingerprint density at radius 1 is 0.852 bits per heavy atom. The Kier molecular flexibility index (Phi) is 7.29. The maximum Gasteiger partial charge on any atom is 0.223 e. The van der Waals surface area contributed by atoms with Crippen molar-refractivity contribution in [1.29, 1.82) is 0 Å². The van der Waals surface area contributed by atoms with Crippen molar-refractivity contribution in [3.8, 4) is 0 Å². The molecule has 0 spiro atoms. The molecule has 1 aliphatic heterocycles. The molecule has 0 aromatic rings. The number of carbonyl (C=O) groups excluding carboxylic acids is 1. The van der Waals surface area contributed by atoms with Gasteiger partial charge in [0.15, 0.2) is 0 Å². The minimum atomic E-state index is -0.728. The minimum absolute atomic E-state index is 0.121. The Morgan fingerprint density at radius 3 is 1.89 bits per heavy atom. The maximum absolute atomic E-state index is 13.1. The summed E-state index contributed by atoms with van der Waals surface area (Å²) in [4.78, 5) is 15.3. The van der Waals surface area contributed by atoms with Gasteiger partial charge >= 0.3 is 0 Å². The van der Waals surface area contributed by atoms with Crippen LogP contribution in [0, 0.1) is 16.2 Å². The lowest BCUT2D eigenvalue weighted by Crippen LogP contribution is -2.63. The summed E-state index contributed by atoms with van der Waals surface area (Å²) < 4.78 is 0. The summed E-state index contributed by atoms with van der Waals surface area (Å²) in [6.45, 7) is 23.0. The number of aliphatic hydroxyl groups is 1. The SMILES string of the molecule is CC(C)(C)CCC(C)(N1CCCCCC1=O)C(C)(C)C(C)(C)CC(C)(C)O. The lowest BCUT2D eigenvalue weighted by atomic mass is 9.53. The largest absolute Gasteiger partial charge is 0.390 e. The summed E-state index contributed by atoms with van der Waals surface area (Å²) in [5, 5.41) is 10.6. The lowest BCUT2D eigenvalue weighted by molar-refractivity contribution is -0.153. The molecule has 3 nitrogen and oxygen atoms in total. The normalized spacial score (nSPS) is 20.4. The quantitative estimate of drug-likeness (QED) is 0.571. The fourth-order valence-electron chi connectivity index (χ4n) is 4.94.